The van der Waals surface area contributed by atoms with Crippen molar-refractivity contribution in [2.75, 3.05) is 13.4 Å². The van der Waals surface area contributed by atoms with Gasteiger partial charge in [-0.2, -0.15) is 0 Å². The summed E-state index contributed by atoms with van der Waals surface area (Å²) in [4.78, 5) is 11.5. The first-order valence-electron chi connectivity index (χ1n) is 4.36. The van der Waals surface area contributed by atoms with Crippen molar-refractivity contribution in [3.05, 3.63) is 27.7 Å². The Morgan fingerprint density at radius 1 is 1.38 bits per heavy atom. The van der Waals surface area contributed by atoms with Crippen molar-refractivity contribution < 1.29 is 17.9 Å². The molecule has 0 fully saturated rings. The first kappa shape index (κ1) is 13.2. The van der Waals surface area contributed by atoms with Crippen molar-refractivity contribution in [1.82, 2.24) is 0 Å². The molecule has 0 saturated heterocycles. The number of halogens is 1. The van der Waals surface area contributed by atoms with Crippen LogP contribution in [0.5, 0.6) is 0 Å². The fourth-order valence-electron chi connectivity index (χ4n) is 1.32. The summed E-state index contributed by atoms with van der Waals surface area (Å²) in [6, 6.07) is 2.91. The van der Waals surface area contributed by atoms with Crippen molar-refractivity contribution in [3.8, 4) is 0 Å². The van der Waals surface area contributed by atoms with Gasteiger partial charge in [-0.05, 0) is 40.5 Å². The first-order valence-corrected chi connectivity index (χ1v) is 7.04. The Balaban J connectivity index is 3.51. The summed E-state index contributed by atoms with van der Waals surface area (Å²) in [5.74, 6) is -0.572. The number of esters is 1. The lowest BCUT2D eigenvalue weighted by atomic mass is 10.1. The third kappa shape index (κ3) is 2.62. The minimum absolute atomic E-state index is 0.135. The highest BCUT2D eigenvalue weighted by molar-refractivity contribution is 9.10. The monoisotopic (exact) mass is 306 g/mol. The van der Waals surface area contributed by atoms with E-state index in [0.29, 0.717) is 10.0 Å². The Hall–Kier alpha value is -0.880. The molecular weight excluding hydrogens is 296 g/mol. The summed E-state index contributed by atoms with van der Waals surface area (Å²) >= 11 is 3.19. The van der Waals surface area contributed by atoms with Gasteiger partial charge in [0.25, 0.3) is 0 Å². The molecule has 0 heterocycles. The molecule has 0 aliphatic rings. The van der Waals surface area contributed by atoms with Gasteiger partial charge in [-0.25, -0.2) is 13.2 Å². The zero-order chi connectivity index (χ0) is 12.5. The SMILES string of the molecule is COC(=O)c1cc(S(C)(=O)=O)c(C)cc1Br. The van der Waals surface area contributed by atoms with Gasteiger partial charge in [0.2, 0.25) is 0 Å². The Labute approximate surface area is 103 Å². The Morgan fingerprint density at radius 3 is 2.38 bits per heavy atom. The van der Waals surface area contributed by atoms with E-state index in [-0.39, 0.29) is 10.5 Å². The van der Waals surface area contributed by atoms with Crippen molar-refractivity contribution >= 4 is 31.7 Å². The standard InChI is InChI=1S/C10H11BrO4S/c1-6-4-8(11)7(10(12)15-2)5-9(6)16(3,13)14/h4-5H,1-3H3. The van der Waals surface area contributed by atoms with Crippen molar-refractivity contribution in [2.45, 2.75) is 11.8 Å². The zero-order valence-electron chi connectivity index (χ0n) is 9.07. The maximum atomic E-state index is 11.5. The van der Waals surface area contributed by atoms with Gasteiger partial charge in [0, 0.05) is 10.7 Å². The van der Waals surface area contributed by atoms with Gasteiger partial charge in [-0.15, -0.1) is 0 Å². The van der Waals surface area contributed by atoms with E-state index in [9.17, 15) is 13.2 Å². The van der Waals surface area contributed by atoms with Crippen molar-refractivity contribution in [3.63, 3.8) is 0 Å². The molecule has 1 aromatic rings. The number of hydrogen-bond acceptors (Lipinski definition) is 4. The maximum absolute atomic E-state index is 11.5. The fraction of sp³-hybridized carbons (Fsp3) is 0.300. The molecule has 16 heavy (non-hydrogen) atoms. The van der Waals surface area contributed by atoms with E-state index in [2.05, 4.69) is 20.7 Å². The maximum Gasteiger partial charge on any atom is 0.339 e. The van der Waals surface area contributed by atoms with E-state index in [1.807, 2.05) is 0 Å². The number of hydrogen-bond donors (Lipinski definition) is 0. The molecular formula is C10H11BrO4S. The van der Waals surface area contributed by atoms with E-state index in [4.69, 9.17) is 0 Å². The number of carbonyl (C=O) groups excluding carboxylic acids is 1. The summed E-state index contributed by atoms with van der Waals surface area (Å²) in [6.07, 6.45) is 1.10. The molecule has 1 rings (SSSR count). The first-order chi connectivity index (χ1) is 7.27. The van der Waals surface area contributed by atoms with Gasteiger partial charge in [0.1, 0.15) is 0 Å². The van der Waals surface area contributed by atoms with Crippen LogP contribution in [0.25, 0.3) is 0 Å². The number of methoxy groups -OCH3 is 1. The van der Waals surface area contributed by atoms with Crippen molar-refractivity contribution in [2.24, 2.45) is 0 Å². The predicted octanol–water partition coefficient (Wildman–Crippen LogP) is 1.95. The zero-order valence-corrected chi connectivity index (χ0v) is 11.5. The van der Waals surface area contributed by atoms with Gasteiger partial charge < -0.3 is 4.74 Å². The highest BCUT2D eigenvalue weighted by Crippen LogP contribution is 2.25. The number of rotatable bonds is 2. The molecule has 88 valence electrons. The van der Waals surface area contributed by atoms with Crippen LogP contribution in [0.1, 0.15) is 15.9 Å². The molecule has 0 saturated carbocycles. The van der Waals surface area contributed by atoms with Crippen LogP contribution in [0.4, 0.5) is 0 Å². The van der Waals surface area contributed by atoms with Gasteiger partial charge in [-0.3, -0.25) is 0 Å². The minimum atomic E-state index is -3.34. The Kier molecular flexibility index (Phi) is 3.75. The van der Waals surface area contributed by atoms with Crippen LogP contribution in [-0.2, 0) is 14.6 Å². The van der Waals surface area contributed by atoms with Crippen LogP contribution < -0.4 is 0 Å². The van der Waals surface area contributed by atoms with Crippen LogP contribution in [0.3, 0.4) is 0 Å². The molecule has 6 heteroatoms. The molecule has 4 nitrogen and oxygen atoms in total. The Bertz CT molecular complexity index is 534. The second kappa shape index (κ2) is 4.55. The summed E-state index contributed by atoms with van der Waals surface area (Å²) in [5.41, 5.74) is 0.788. The van der Waals surface area contributed by atoms with Crippen LogP contribution in [0.2, 0.25) is 0 Å². The largest absolute Gasteiger partial charge is 0.465 e. The average molecular weight is 307 g/mol. The fourth-order valence-corrected chi connectivity index (χ4v) is 2.91. The second-order valence-electron chi connectivity index (χ2n) is 3.36. The summed E-state index contributed by atoms with van der Waals surface area (Å²) < 4.78 is 28.0. The third-order valence-corrected chi connectivity index (χ3v) is 3.96. The molecule has 0 radical (unpaired) electrons. The highest BCUT2D eigenvalue weighted by Gasteiger charge is 2.18. The molecule has 0 aliphatic carbocycles. The molecule has 0 bridgehead atoms. The van der Waals surface area contributed by atoms with Crippen LogP contribution >= 0.6 is 15.9 Å². The smallest absolute Gasteiger partial charge is 0.339 e. The number of ether oxygens (including phenoxy) is 1. The summed E-state index contributed by atoms with van der Waals surface area (Å²) in [7, 11) is -2.10. The molecule has 0 N–H and O–H groups in total. The third-order valence-electron chi connectivity index (χ3n) is 2.07. The van der Waals surface area contributed by atoms with Crippen LogP contribution in [0.15, 0.2) is 21.5 Å². The van der Waals surface area contributed by atoms with Gasteiger partial charge >= 0.3 is 5.97 Å². The number of carbonyl (C=O) groups is 1. The lowest BCUT2D eigenvalue weighted by Gasteiger charge is -2.08. The van der Waals surface area contributed by atoms with E-state index >= 15 is 0 Å². The second-order valence-corrected chi connectivity index (χ2v) is 6.20. The molecule has 0 unspecified atom stereocenters. The number of sulfone groups is 1. The van der Waals surface area contributed by atoms with E-state index in [0.717, 1.165) is 6.26 Å². The average Bonchev–Trinajstić information content (AvgIpc) is 2.14. The molecule has 0 aliphatic heterocycles. The summed E-state index contributed by atoms with van der Waals surface area (Å²) in [6.45, 7) is 1.67. The summed E-state index contributed by atoms with van der Waals surface area (Å²) in [5, 5.41) is 0. The van der Waals surface area contributed by atoms with E-state index in [1.54, 1.807) is 13.0 Å². The lowest BCUT2D eigenvalue weighted by molar-refractivity contribution is 0.0599. The lowest BCUT2D eigenvalue weighted by Crippen LogP contribution is -2.07. The topological polar surface area (TPSA) is 60.4 Å². The molecule has 0 aromatic heterocycles. The number of aryl methyl sites for hydroxylation is 1. The Morgan fingerprint density at radius 2 is 1.94 bits per heavy atom. The van der Waals surface area contributed by atoms with Crippen LogP contribution in [-0.4, -0.2) is 27.8 Å². The van der Waals surface area contributed by atoms with Gasteiger partial charge in [0.05, 0.1) is 17.6 Å². The molecule has 0 spiro atoms. The molecule has 0 atom stereocenters. The number of benzene rings is 1. The minimum Gasteiger partial charge on any atom is -0.465 e. The quantitative estimate of drug-likeness (QED) is 0.784. The predicted molar refractivity (Wildman–Crippen MR) is 63.3 cm³/mol. The molecule has 0 amide bonds. The highest BCUT2D eigenvalue weighted by atomic mass is 79.9. The van der Waals surface area contributed by atoms with E-state index in [1.165, 1.54) is 13.2 Å². The van der Waals surface area contributed by atoms with Gasteiger partial charge in [0.15, 0.2) is 9.84 Å². The van der Waals surface area contributed by atoms with E-state index < -0.39 is 15.8 Å². The normalized spacial score (nSPS) is 11.2. The molecule has 1 aromatic carbocycles. The van der Waals surface area contributed by atoms with Crippen molar-refractivity contribution in [1.29, 1.82) is 0 Å². The van der Waals surface area contributed by atoms with Gasteiger partial charge in [-0.1, -0.05) is 0 Å². The van der Waals surface area contributed by atoms with Crippen LogP contribution in [0, 0.1) is 6.92 Å².